The molecule has 2 N–H and O–H groups in total. The van der Waals surface area contributed by atoms with Gasteiger partial charge in [0.05, 0.1) is 23.9 Å². The highest BCUT2D eigenvalue weighted by Crippen LogP contribution is 2.31. The van der Waals surface area contributed by atoms with E-state index in [2.05, 4.69) is 0 Å². The van der Waals surface area contributed by atoms with E-state index in [9.17, 15) is 19.8 Å². The Labute approximate surface area is 134 Å². The zero-order valence-electron chi connectivity index (χ0n) is 12.1. The van der Waals surface area contributed by atoms with Gasteiger partial charge in [0.2, 0.25) is 0 Å². The molecule has 0 unspecified atom stereocenters. The van der Waals surface area contributed by atoms with Crippen LogP contribution in [0, 0.1) is 0 Å². The van der Waals surface area contributed by atoms with Crippen LogP contribution in [0.4, 0.5) is 0 Å². The van der Waals surface area contributed by atoms with E-state index in [4.69, 9.17) is 4.74 Å². The van der Waals surface area contributed by atoms with Crippen LogP contribution in [0.5, 0.6) is 11.5 Å². The summed E-state index contributed by atoms with van der Waals surface area (Å²) in [5.41, 5.74) is 0.00549. The zero-order chi connectivity index (χ0) is 16.6. The zero-order valence-corrected chi connectivity index (χ0v) is 13.0. The Kier molecular flexibility index (Phi) is 3.79. The Morgan fingerprint density at radius 2 is 1.96 bits per heavy atom. The molecule has 0 spiro atoms. The van der Waals surface area contributed by atoms with Gasteiger partial charge in [0, 0.05) is 0 Å². The number of hydrogen-bond acceptors (Lipinski definition) is 5. The average molecular weight is 331 g/mol. The van der Waals surface area contributed by atoms with Crippen LogP contribution in [-0.2, 0) is 6.54 Å². The van der Waals surface area contributed by atoms with E-state index in [1.165, 1.54) is 15.9 Å². The Morgan fingerprint density at radius 3 is 2.57 bits per heavy atom. The first-order valence-electron chi connectivity index (χ1n) is 6.72. The second-order valence-electron chi connectivity index (χ2n) is 4.90. The van der Waals surface area contributed by atoms with Crippen LogP contribution in [0.2, 0.25) is 0 Å². The minimum absolute atomic E-state index is 0.205. The minimum atomic E-state index is -1.44. The smallest absolute Gasteiger partial charge is 0.345 e. The SMILES string of the molecule is COc1ccc(Cn2c(=O)c(C(=O)O)c(O)c3sccc32)cc1. The summed E-state index contributed by atoms with van der Waals surface area (Å²) in [6, 6.07) is 8.83. The van der Waals surface area contributed by atoms with Crippen molar-refractivity contribution in [3.63, 3.8) is 0 Å². The van der Waals surface area contributed by atoms with Gasteiger partial charge in [-0.1, -0.05) is 12.1 Å². The standard InChI is InChI=1S/C16H13NO5S/c1-22-10-4-2-9(3-5-10)8-17-11-6-7-23-14(11)13(18)12(15(17)19)16(20)21/h2-7,18H,8H2,1H3,(H,20,21). The topological polar surface area (TPSA) is 88.8 Å². The largest absolute Gasteiger partial charge is 0.505 e. The third kappa shape index (κ3) is 2.55. The van der Waals surface area contributed by atoms with Crippen LogP contribution in [0.25, 0.3) is 10.2 Å². The number of pyridine rings is 1. The van der Waals surface area contributed by atoms with Gasteiger partial charge in [-0.05, 0) is 29.1 Å². The number of aromatic nitrogens is 1. The molecule has 0 saturated heterocycles. The molecule has 0 fully saturated rings. The summed E-state index contributed by atoms with van der Waals surface area (Å²) in [4.78, 5) is 23.8. The molecule has 0 amide bonds. The predicted molar refractivity (Wildman–Crippen MR) is 86.8 cm³/mol. The summed E-state index contributed by atoms with van der Waals surface area (Å²) in [5, 5.41) is 21.0. The van der Waals surface area contributed by atoms with Crippen molar-refractivity contribution in [2.24, 2.45) is 0 Å². The number of methoxy groups -OCH3 is 1. The maximum Gasteiger partial charge on any atom is 0.345 e. The molecule has 3 rings (SSSR count). The highest BCUT2D eigenvalue weighted by Gasteiger charge is 2.22. The minimum Gasteiger partial charge on any atom is -0.505 e. The Balaban J connectivity index is 2.17. The number of aromatic hydroxyl groups is 1. The van der Waals surface area contributed by atoms with Crippen molar-refractivity contribution in [1.82, 2.24) is 4.57 Å². The highest BCUT2D eigenvalue weighted by atomic mass is 32.1. The molecular weight excluding hydrogens is 318 g/mol. The maximum absolute atomic E-state index is 12.5. The number of aromatic carboxylic acids is 1. The van der Waals surface area contributed by atoms with Gasteiger partial charge >= 0.3 is 5.97 Å². The van der Waals surface area contributed by atoms with E-state index in [0.29, 0.717) is 16.0 Å². The number of ether oxygens (including phenoxy) is 1. The van der Waals surface area contributed by atoms with Crippen molar-refractivity contribution < 1.29 is 19.7 Å². The third-order valence-corrected chi connectivity index (χ3v) is 4.47. The van der Waals surface area contributed by atoms with Crippen LogP contribution in [0.15, 0.2) is 40.5 Å². The molecule has 23 heavy (non-hydrogen) atoms. The first-order chi connectivity index (χ1) is 11.0. The Hall–Kier alpha value is -2.80. The second-order valence-corrected chi connectivity index (χ2v) is 5.82. The van der Waals surface area contributed by atoms with E-state index in [0.717, 1.165) is 5.56 Å². The van der Waals surface area contributed by atoms with Crippen LogP contribution in [0.1, 0.15) is 15.9 Å². The van der Waals surface area contributed by atoms with E-state index >= 15 is 0 Å². The molecule has 0 aliphatic carbocycles. The van der Waals surface area contributed by atoms with Gasteiger partial charge < -0.3 is 19.5 Å². The lowest BCUT2D eigenvalue weighted by Crippen LogP contribution is -2.27. The summed E-state index contributed by atoms with van der Waals surface area (Å²) in [5.74, 6) is -1.22. The van der Waals surface area contributed by atoms with Crippen LogP contribution in [0.3, 0.4) is 0 Å². The van der Waals surface area contributed by atoms with Gasteiger partial charge in [-0.2, -0.15) is 0 Å². The lowest BCUT2D eigenvalue weighted by molar-refractivity contribution is 0.0691. The molecule has 2 aromatic heterocycles. The number of hydrogen-bond donors (Lipinski definition) is 2. The normalized spacial score (nSPS) is 10.8. The summed E-state index contributed by atoms with van der Waals surface area (Å²) >= 11 is 1.19. The van der Waals surface area contributed by atoms with Crippen molar-refractivity contribution in [2.75, 3.05) is 7.11 Å². The molecule has 0 aliphatic rings. The second kappa shape index (κ2) is 5.77. The summed E-state index contributed by atoms with van der Waals surface area (Å²) in [7, 11) is 1.56. The molecule has 0 saturated carbocycles. The van der Waals surface area contributed by atoms with Gasteiger partial charge in [0.15, 0.2) is 11.3 Å². The highest BCUT2D eigenvalue weighted by molar-refractivity contribution is 7.17. The Morgan fingerprint density at radius 1 is 1.26 bits per heavy atom. The fraction of sp³-hybridized carbons (Fsp3) is 0.125. The number of nitrogens with zero attached hydrogens (tertiary/aromatic N) is 1. The van der Waals surface area contributed by atoms with Gasteiger partial charge in [0.25, 0.3) is 5.56 Å². The predicted octanol–water partition coefficient (Wildman–Crippen LogP) is 2.52. The number of fused-ring (bicyclic) bond motifs is 1. The van der Waals surface area contributed by atoms with Crippen molar-refractivity contribution >= 4 is 27.5 Å². The first-order valence-corrected chi connectivity index (χ1v) is 7.60. The molecule has 0 bridgehead atoms. The van der Waals surface area contributed by atoms with Crippen molar-refractivity contribution in [1.29, 1.82) is 0 Å². The van der Waals surface area contributed by atoms with Crippen molar-refractivity contribution in [3.8, 4) is 11.5 Å². The molecule has 1 aromatic carbocycles. The quantitative estimate of drug-likeness (QED) is 0.767. The molecule has 3 aromatic rings. The van der Waals surface area contributed by atoms with E-state index < -0.39 is 22.8 Å². The third-order valence-electron chi connectivity index (χ3n) is 3.56. The van der Waals surface area contributed by atoms with E-state index in [1.807, 2.05) is 0 Å². The summed E-state index contributed by atoms with van der Waals surface area (Å²) in [6.07, 6.45) is 0. The van der Waals surface area contributed by atoms with Crippen molar-refractivity contribution in [2.45, 2.75) is 6.54 Å². The average Bonchev–Trinajstić information content (AvgIpc) is 3.01. The summed E-state index contributed by atoms with van der Waals surface area (Å²) < 4.78 is 6.83. The fourth-order valence-corrected chi connectivity index (χ4v) is 3.26. The first kappa shape index (κ1) is 15.1. The molecule has 6 nitrogen and oxygen atoms in total. The van der Waals surface area contributed by atoms with Crippen LogP contribution in [-0.4, -0.2) is 27.9 Å². The molecular formula is C16H13NO5S. The maximum atomic E-state index is 12.5. The lowest BCUT2D eigenvalue weighted by Gasteiger charge is -2.11. The Bertz CT molecular complexity index is 939. The number of benzene rings is 1. The number of carboxylic acid groups (broad SMARTS) is 1. The molecule has 0 aliphatic heterocycles. The molecule has 0 atom stereocenters. The summed E-state index contributed by atoms with van der Waals surface area (Å²) in [6.45, 7) is 0.205. The van der Waals surface area contributed by atoms with Gasteiger partial charge in [-0.3, -0.25) is 4.79 Å². The molecule has 118 valence electrons. The van der Waals surface area contributed by atoms with Gasteiger partial charge in [-0.15, -0.1) is 11.3 Å². The van der Waals surface area contributed by atoms with E-state index in [-0.39, 0.29) is 6.54 Å². The monoisotopic (exact) mass is 331 g/mol. The number of thiophene rings is 1. The van der Waals surface area contributed by atoms with Crippen molar-refractivity contribution in [3.05, 3.63) is 57.2 Å². The van der Waals surface area contributed by atoms with Crippen LogP contribution >= 0.6 is 11.3 Å². The molecule has 7 heteroatoms. The number of carbonyl (C=O) groups is 1. The fourth-order valence-electron chi connectivity index (χ4n) is 2.41. The lowest BCUT2D eigenvalue weighted by atomic mass is 10.2. The van der Waals surface area contributed by atoms with Gasteiger partial charge in [-0.25, -0.2) is 4.79 Å². The molecule has 0 radical (unpaired) electrons. The number of rotatable bonds is 4. The molecule has 2 heterocycles. The van der Waals surface area contributed by atoms with E-state index in [1.54, 1.807) is 42.8 Å². The number of carboxylic acids is 1. The van der Waals surface area contributed by atoms with Crippen LogP contribution < -0.4 is 10.3 Å². The van der Waals surface area contributed by atoms with Gasteiger partial charge in [0.1, 0.15) is 5.75 Å².